The highest BCUT2D eigenvalue weighted by molar-refractivity contribution is 5.61. The summed E-state index contributed by atoms with van der Waals surface area (Å²) in [6, 6.07) is 17.0. The van der Waals surface area contributed by atoms with Crippen LogP contribution in [0.1, 0.15) is 17.0 Å². The van der Waals surface area contributed by atoms with Crippen molar-refractivity contribution in [3.63, 3.8) is 0 Å². The van der Waals surface area contributed by atoms with E-state index in [-0.39, 0.29) is 0 Å². The molecule has 0 amide bonds. The van der Waals surface area contributed by atoms with Crippen LogP contribution in [0.2, 0.25) is 0 Å². The molecule has 0 aliphatic heterocycles. The van der Waals surface area contributed by atoms with Gasteiger partial charge in [0, 0.05) is 18.3 Å². The van der Waals surface area contributed by atoms with Gasteiger partial charge in [-0.05, 0) is 42.8 Å². The van der Waals surface area contributed by atoms with Crippen LogP contribution >= 0.6 is 0 Å². The maximum Gasteiger partial charge on any atom is 0.161 e. The average molecular weight is 375 g/mol. The van der Waals surface area contributed by atoms with Gasteiger partial charge in [-0.3, -0.25) is 0 Å². The molecule has 1 heterocycles. The zero-order valence-corrected chi connectivity index (χ0v) is 16.0. The second-order valence-corrected chi connectivity index (χ2v) is 6.05. The molecular formula is C21H21N5O2. The molecule has 0 atom stereocenters. The fraction of sp³-hybridized carbons (Fsp3) is 0.190. The third-order valence-corrected chi connectivity index (χ3v) is 4.02. The highest BCUT2D eigenvalue weighted by atomic mass is 16.5. The number of nitrogens with zero attached hydrogens (tertiary/aromatic N) is 3. The predicted molar refractivity (Wildman–Crippen MR) is 108 cm³/mol. The second kappa shape index (κ2) is 8.73. The van der Waals surface area contributed by atoms with Gasteiger partial charge in [0.25, 0.3) is 0 Å². The summed E-state index contributed by atoms with van der Waals surface area (Å²) < 4.78 is 10.6. The quantitative estimate of drug-likeness (QED) is 0.644. The molecule has 0 unspecified atom stereocenters. The first-order chi connectivity index (χ1) is 13.6. The predicted octanol–water partition coefficient (Wildman–Crippen LogP) is 4.03. The van der Waals surface area contributed by atoms with Gasteiger partial charge in [-0.1, -0.05) is 12.1 Å². The van der Waals surface area contributed by atoms with E-state index in [1.165, 1.54) is 0 Å². The first kappa shape index (κ1) is 19.0. The van der Waals surface area contributed by atoms with Gasteiger partial charge < -0.3 is 20.1 Å². The number of hydrogen-bond acceptors (Lipinski definition) is 7. The Balaban J connectivity index is 1.74. The van der Waals surface area contributed by atoms with Crippen LogP contribution < -0.4 is 20.1 Å². The summed E-state index contributed by atoms with van der Waals surface area (Å²) in [5.74, 6) is 3.35. The van der Waals surface area contributed by atoms with Gasteiger partial charge in [0.15, 0.2) is 11.5 Å². The van der Waals surface area contributed by atoms with Crippen LogP contribution in [0.5, 0.6) is 11.5 Å². The molecule has 3 rings (SSSR count). The van der Waals surface area contributed by atoms with E-state index >= 15 is 0 Å². The molecule has 7 heteroatoms. The molecule has 28 heavy (non-hydrogen) atoms. The Morgan fingerprint density at radius 3 is 2.50 bits per heavy atom. The molecule has 3 aromatic rings. The Hall–Kier alpha value is -3.79. The summed E-state index contributed by atoms with van der Waals surface area (Å²) in [4.78, 5) is 8.84. The number of methoxy groups -OCH3 is 2. The number of benzene rings is 2. The van der Waals surface area contributed by atoms with Crippen LogP contribution in [-0.2, 0) is 6.54 Å². The molecular weight excluding hydrogens is 354 g/mol. The maximum atomic E-state index is 9.03. The molecule has 142 valence electrons. The minimum Gasteiger partial charge on any atom is -0.493 e. The normalized spacial score (nSPS) is 10.1. The van der Waals surface area contributed by atoms with Crippen LogP contribution in [0, 0.1) is 18.3 Å². The average Bonchev–Trinajstić information content (AvgIpc) is 2.71. The van der Waals surface area contributed by atoms with E-state index in [1.807, 2.05) is 43.3 Å². The summed E-state index contributed by atoms with van der Waals surface area (Å²) >= 11 is 0. The summed E-state index contributed by atoms with van der Waals surface area (Å²) in [6.07, 6.45) is 0. The van der Waals surface area contributed by atoms with E-state index in [2.05, 4.69) is 26.7 Å². The van der Waals surface area contributed by atoms with Gasteiger partial charge in [-0.25, -0.2) is 9.97 Å². The topological polar surface area (TPSA) is 92.1 Å². The van der Waals surface area contributed by atoms with Crippen molar-refractivity contribution in [2.45, 2.75) is 13.5 Å². The molecule has 0 saturated heterocycles. The Labute approximate surface area is 164 Å². The molecule has 1 aromatic heterocycles. The number of ether oxygens (including phenoxy) is 2. The van der Waals surface area contributed by atoms with Gasteiger partial charge in [0.1, 0.15) is 17.5 Å². The third-order valence-electron chi connectivity index (χ3n) is 4.02. The van der Waals surface area contributed by atoms with E-state index < -0.39 is 0 Å². The molecule has 0 bridgehead atoms. The molecule has 7 nitrogen and oxygen atoms in total. The molecule has 0 spiro atoms. The SMILES string of the molecule is COc1ccc(CNc2cc(Nc3cccc(C#N)c3)nc(C)n2)cc1OC. The molecule has 2 aromatic carbocycles. The molecule has 2 N–H and O–H groups in total. The second-order valence-electron chi connectivity index (χ2n) is 6.05. The van der Waals surface area contributed by atoms with Crippen molar-refractivity contribution >= 4 is 17.3 Å². The van der Waals surface area contributed by atoms with Gasteiger partial charge in [0.05, 0.1) is 25.9 Å². The number of aromatic nitrogens is 2. The van der Waals surface area contributed by atoms with E-state index in [9.17, 15) is 0 Å². The van der Waals surface area contributed by atoms with Crippen molar-refractivity contribution in [2.24, 2.45) is 0 Å². The Morgan fingerprint density at radius 1 is 0.964 bits per heavy atom. The lowest BCUT2D eigenvalue weighted by molar-refractivity contribution is 0.354. The minimum absolute atomic E-state index is 0.570. The number of rotatable bonds is 7. The lowest BCUT2D eigenvalue weighted by atomic mass is 10.2. The number of hydrogen-bond donors (Lipinski definition) is 2. The smallest absolute Gasteiger partial charge is 0.161 e. The van der Waals surface area contributed by atoms with Crippen molar-refractivity contribution in [2.75, 3.05) is 24.9 Å². The van der Waals surface area contributed by atoms with Crippen LogP contribution in [-0.4, -0.2) is 24.2 Å². The Morgan fingerprint density at radius 2 is 1.75 bits per heavy atom. The summed E-state index contributed by atoms with van der Waals surface area (Å²) in [6.45, 7) is 2.40. The minimum atomic E-state index is 0.570. The molecule has 0 aliphatic carbocycles. The Kier molecular flexibility index (Phi) is 5.92. The van der Waals surface area contributed by atoms with Crippen molar-refractivity contribution in [3.8, 4) is 17.6 Å². The number of nitriles is 1. The van der Waals surface area contributed by atoms with Gasteiger partial charge in [0.2, 0.25) is 0 Å². The lowest BCUT2D eigenvalue weighted by Gasteiger charge is -2.12. The first-order valence-corrected chi connectivity index (χ1v) is 8.69. The third kappa shape index (κ3) is 4.68. The summed E-state index contributed by atoms with van der Waals surface area (Å²) in [5, 5.41) is 15.5. The Bertz CT molecular complexity index is 1010. The van der Waals surface area contributed by atoms with Crippen molar-refractivity contribution in [3.05, 3.63) is 65.5 Å². The van der Waals surface area contributed by atoms with Gasteiger partial charge in [-0.15, -0.1) is 0 Å². The zero-order chi connectivity index (χ0) is 19.9. The summed E-state index contributed by atoms with van der Waals surface area (Å²) in [5.41, 5.74) is 2.41. The largest absolute Gasteiger partial charge is 0.493 e. The standard InChI is InChI=1S/C21H21N5O2/c1-14-24-20(23-13-16-7-8-18(27-2)19(10-16)28-3)11-21(25-14)26-17-6-4-5-15(9-17)12-22/h4-11H,13H2,1-3H3,(H2,23,24,25,26). The maximum absolute atomic E-state index is 9.03. The van der Waals surface area contributed by atoms with Gasteiger partial charge >= 0.3 is 0 Å². The van der Waals surface area contributed by atoms with E-state index in [0.29, 0.717) is 41.1 Å². The highest BCUT2D eigenvalue weighted by Crippen LogP contribution is 2.28. The van der Waals surface area contributed by atoms with Crippen LogP contribution in [0.15, 0.2) is 48.5 Å². The molecule has 0 radical (unpaired) electrons. The summed E-state index contributed by atoms with van der Waals surface area (Å²) in [7, 11) is 3.22. The molecule has 0 fully saturated rings. The van der Waals surface area contributed by atoms with Crippen LogP contribution in [0.25, 0.3) is 0 Å². The number of aryl methyl sites for hydroxylation is 1. The lowest BCUT2D eigenvalue weighted by Crippen LogP contribution is -2.05. The van der Waals surface area contributed by atoms with E-state index in [4.69, 9.17) is 14.7 Å². The molecule has 0 aliphatic rings. The van der Waals surface area contributed by atoms with E-state index in [1.54, 1.807) is 26.4 Å². The number of nitrogens with one attached hydrogen (secondary N) is 2. The monoisotopic (exact) mass is 375 g/mol. The van der Waals surface area contributed by atoms with E-state index in [0.717, 1.165) is 11.3 Å². The first-order valence-electron chi connectivity index (χ1n) is 8.69. The fourth-order valence-electron chi connectivity index (χ4n) is 2.72. The van der Waals surface area contributed by atoms with Crippen molar-refractivity contribution in [1.82, 2.24) is 9.97 Å². The zero-order valence-electron chi connectivity index (χ0n) is 16.0. The van der Waals surface area contributed by atoms with Crippen LogP contribution in [0.3, 0.4) is 0 Å². The van der Waals surface area contributed by atoms with Crippen molar-refractivity contribution < 1.29 is 9.47 Å². The van der Waals surface area contributed by atoms with Crippen molar-refractivity contribution in [1.29, 1.82) is 5.26 Å². The van der Waals surface area contributed by atoms with Crippen LogP contribution in [0.4, 0.5) is 17.3 Å². The highest BCUT2D eigenvalue weighted by Gasteiger charge is 2.06. The fourth-order valence-corrected chi connectivity index (χ4v) is 2.72. The number of anilines is 3. The molecule has 0 saturated carbocycles. The van der Waals surface area contributed by atoms with Gasteiger partial charge in [-0.2, -0.15) is 5.26 Å².